The minimum absolute atomic E-state index is 1.38. The second-order valence-corrected chi connectivity index (χ2v) is 9.41. The Hall–Kier alpha value is 0.0687. The van der Waals surface area contributed by atoms with Crippen LogP contribution in [0.1, 0.15) is 16.7 Å². The van der Waals surface area contributed by atoms with Gasteiger partial charge in [0.15, 0.2) is 0 Å². The van der Waals surface area contributed by atoms with Gasteiger partial charge in [0.2, 0.25) is 0 Å². The van der Waals surface area contributed by atoms with Gasteiger partial charge in [0, 0.05) is 0 Å². The van der Waals surface area contributed by atoms with Crippen LogP contribution in [0.15, 0.2) is 72.8 Å². The zero-order chi connectivity index (χ0) is 22.4. The summed E-state index contributed by atoms with van der Waals surface area (Å²) in [6.45, 7) is 6.38. The standard InChI is InChI=1S/3C7H7.3Mg.H3O4P/c3*1-7-5-3-2-4-6-7;;;;1-5(2,3)4/h3*2-5H,1H3;;;;(H3,1,2,3,4)/q;;;3*+1;/p-3. The predicted octanol–water partition coefficient (Wildman–Crippen LogP) is -0.458. The van der Waals surface area contributed by atoms with Gasteiger partial charge in [-0.05, 0) is 0 Å². The van der Waals surface area contributed by atoms with Crippen LogP contribution in [0.4, 0.5) is 0 Å². The molecule has 0 radical (unpaired) electrons. The van der Waals surface area contributed by atoms with Crippen LogP contribution < -0.4 is 25.8 Å². The Bertz CT molecular complexity index is 739. The number of phosphoric acid groups is 1. The first-order valence-electron chi connectivity index (χ1n) is 8.77. The van der Waals surface area contributed by atoms with Crippen LogP contribution in [0.5, 0.6) is 0 Å². The van der Waals surface area contributed by atoms with Gasteiger partial charge in [0.25, 0.3) is 0 Å². The third-order valence-corrected chi connectivity index (χ3v) is 6.16. The first-order valence-corrected chi connectivity index (χ1v) is 12.4. The van der Waals surface area contributed by atoms with Gasteiger partial charge in [0.1, 0.15) is 0 Å². The first kappa shape index (κ1) is 29.1. The van der Waals surface area contributed by atoms with Crippen molar-refractivity contribution in [1.82, 2.24) is 0 Å². The van der Waals surface area contributed by atoms with E-state index < -0.39 is 7.82 Å². The van der Waals surface area contributed by atoms with Crippen LogP contribution in [0.3, 0.4) is 0 Å². The predicted molar refractivity (Wildman–Crippen MR) is 117 cm³/mol. The van der Waals surface area contributed by atoms with Crippen molar-refractivity contribution in [3.63, 3.8) is 0 Å². The van der Waals surface area contributed by atoms with Crippen molar-refractivity contribution >= 4 is 84.0 Å². The topological polar surface area (TPSA) is 86.2 Å². The van der Waals surface area contributed by atoms with E-state index in [1.165, 1.54) is 27.8 Å². The van der Waals surface area contributed by atoms with Crippen molar-refractivity contribution in [3.8, 4) is 0 Å². The molecule has 0 amide bonds. The fourth-order valence-electron chi connectivity index (χ4n) is 1.83. The van der Waals surface area contributed by atoms with E-state index in [1.54, 1.807) is 0 Å². The Kier molecular flexibility index (Phi) is 15.8. The first-order chi connectivity index (χ1) is 13.4. The smallest absolute Gasteiger partial charge is 0.159 e. The van der Waals surface area contributed by atoms with Gasteiger partial charge in [-0.25, -0.2) is 0 Å². The van der Waals surface area contributed by atoms with Crippen LogP contribution in [-0.2, 0) is 4.57 Å². The van der Waals surface area contributed by atoms with Crippen molar-refractivity contribution < 1.29 is 19.2 Å². The second kappa shape index (κ2) is 15.8. The van der Waals surface area contributed by atoms with Gasteiger partial charge in [-0.15, -0.1) is 0 Å². The molecule has 0 heterocycles. The molecule has 0 aromatic heterocycles. The molecule has 3 aromatic carbocycles. The molecular weight excluding hydrogens is 420 g/mol. The maximum Gasteiger partial charge on any atom is -0.159 e. The number of rotatable bonds is 0. The van der Waals surface area contributed by atoms with Crippen molar-refractivity contribution in [1.29, 1.82) is 0 Å². The van der Waals surface area contributed by atoms with Crippen molar-refractivity contribution in [2.75, 3.05) is 0 Å². The number of aryl methyl sites for hydroxylation is 3. The third-order valence-electron chi connectivity index (χ3n) is 3.78. The molecule has 0 saturated carbocycles. The second-order valence-electron chi connectivity index (χ2n) is 6.23. The summed E-state index contributed by atoms with van der Waals surface area (Å²) in [6.07, 6.45) is 0. The maximum atomic E-state index is 8.55. The Balaban J connectivity index is 0.000000367. The number of hydrogen-bond acceptors (Lipinski definition) is 4. The van der Waals surface area contributed by atoms with Crippen LogP contribution in [0, 0.1) is 20.8 Å². The number of benzene rings is 3. The molecule has 0 unspecified atom stereocenters. The molecule has 0 saturated heterocycles. The van der Waals surface area contributed by atoms with E-state index in [9.17, 15) is 0 Å². The fourth-order valence-corrected chi connectivity index (χ4v) is 2.59. The molecule has 0 aliphatic heterocycles. The molecule has 140 valence electrons. The van der Waals surface area contributed by atoms with Crippen LogP contribution >= 0.6 is 7.82 Å². The van der Waals surface area contributed by atoms with Crippen molar-refractivity contribution in [2.45, 2.75) is 20.8 Å². The molecular formula is C21H21Mg3O4P. The molecule has 3 rings (SSSR count). The molecule has 0 bridgehead atoms. The summed E-state index contributed by atoms with van der Waals surface area (Å²) in [5.74, 6) is 0. The van der Waals surface area contributed by atoms with Crippen LogP contribution in [0.2, 0.25) is 0 Å². The van der Waals surface area contributed by atoms with Gasteiger partial charge in [0.05, 0.1) is 0 Å². The molecule has 0 spiro atoms. The van der Waals surface area contributed by atoms with E-state index in [-0.39, 0.29) is 0 Å². The largest absolute Gasteiger partial charge is 0.822 e. The summed E-state index contributed by atoms with van der Waals surface area (Å²) in [6, 6.07) is 25.2. The van der Waals surface area contributed by atoms with Crippen molar-refractivity contribution in [3.05, 3.63) is 89.5 Å². The minimum atomic E-state index is -5.39. The molecule has 29 heavy (non-hydrogen) atoms. The van der Waals surface area contributed by atoms with Crippen molar-refractivity contribution in [2.24, 2.45) is 0 Å². The summed E-state index contributed by atoms with van der Waals surface area (Å²) in [4.78, 5) is 25.6. The van der Waals surface area contributed by atoms with Gasteiger partial charge < -0.3 is 19.2 Å². The van der Waals surface area contributed by atoms with Gasteiger partial charge in [-0.2, -0.15) is 7.82 Å². The van der Waals surface area contributed by atoms with Gasteiger partial charge in [-0.3, -0.25) is 0 Å². The average molecular weight is 441 g/mol. The zero-order valence-corrected chi connectivity index (χ0v) is 22.3. The Morgan fingerprint density at radius 1 is 0.552 bits per heavy atom. The van der Waals surface area contributed by atoms with E-state index in [0.717, 1.165) is 0 Å². The van der Waals surface area contributed by atoms with E-state index >= 15 is 0 Å². The molecule has 8 heteroatoms. The normalized spacial score (nSPS) is 9.79. The summed E-state index contributed by atoms with van der Waals surface area (Å²) >= 11 is 5.79. The molecule has 4 nitrogen and oxygen atoms in total. The SMILES string of the molecule is Cc1cccc[c]1[Mg+].Cc1cccc[c]1[Mg+].Cc1cccc[c]1[Mg+].O=P([O-])([O-])[O-]. The zero-order valence-electron chi connectivity index (χ0n) is 17.1. The molecule has 0 N–H and O–H groups in total. The molecule has 0 aliphatic carbocycles. The van der Waals surface area contributed by atoms with Gasteiger partial charge in [-0.1, -0.05) is 0 Å². The molecule has 0 fully saturated rings. The van der Waals surface area contributed by atoms with E-state index in [0.29, 0.717) is 0 Å². The quantitative estimate of drug-likeness (QED) is 0.349. The summed E-state index contributed by atoms with van der Waals surface area (Å²) < 4.78 is 12.7. The summed E-state index contributed by atoms with van der Waals surface area (Å²) in [5, 5.41) is 0. The minimum Gasteiger partial charge on any atom is -0.822 e. The molecule has 0 aliphatic rings. The van der Waals surface area contributed by atoms with Gasteiger partial charge >= 0.3 is 186 Å². The monoisotopic (exact) mass is 440 g/mol. The Morgan fingerprint density at radius 2 is 0.724 bits per heavy atom. The third kappa shape index (κ3) is 17.4. The fraction of sp³-hybridized carbons (Fsp3) is 0.143. The maximum absolute atomic E-state index is 8.55. The average Bonchev–Trinajstić information content (AvgIpc) is 2.62. The summed E-state index contributed by atoms with van der Waals surface area (Å²) in [7, 11) is -5.39. The Labute approximate surface area is 211 Å². The van der Waals surface area contributed by atoms with E-state index in [1.807, 2.05) is 65.1 Å². The molecule has 3 aromatic rings. The number of hydrogen-bond donors (Lipinski definition) is 0. The summed E-state index contributed by atoms with van der Waals surface area (Å²) in [5.41, 5.74) is 4.14. The van der Waals surface area contributed by atoms with E-state index in [4.69, 9.17) is 19.2 Å². The Morgan fingerprint density at radius 3 is 0.828 bits per heavy atom. The van der Waals surface area contributed by atoms with E-state index in [2.05, 4.69) is 93.6 Å². The molecule has 0 atom stereocenters. The van der Waals surface area contributed by atoms with Crippen LogP contribution in [0.25, 0.3) is 0 Å². The van der Waals surface area contributed by atoms with Crippen LogP contribution in [-0.4, -0.2) is 65.1 Å².